The summed E-state index contributed by atoms with van der Waals surface area (Å²) in [6, 6.07) is 12.5. The highest BCUT2D eigenvalue weighted by atomic mass is 35.5. The van der Waals surface area contributed by atoms with E-state index in [2.05, 4.69) is 36.8 Å². The summed E-state index contributed by atoms with van der Waals surface area (Å²) in [5, 5.41) is 9.32. The minimum atomic E-state index is -0.614. The van der Waals surface area contributed by atoms with E-state index in [1.54, 1.807) is 21.7 Å². The second-order valence-electron chi connectivity index (χ2n) is 17.0. The first-order valence-corrected chi connectivity index (χ1v) is 21.0. The van der Waals surface area contributed by atoms with E-state index in [9.17, 15) is 24.0 Å². The fraction of sp³-hybridized carbons (Fsp3) is 0.465. The van der Waals surface area contributed by atoms with Crippen LogP contribution in [0.4, 0.5) is 23.1 Å². The van der Waals surface area contributed by atoms with Crippen molar-refractivity contribution in [2.75, 3.05) is 55.0 Å². The largest absolute Gasteiger partial charge is 0.478 e. The topological polar surface area (TPSA) is 180 Å². The maximum absolute atomic E-state index is 13.2. The predicted molar refractivity (Wildman–Crippen MR) is 225 cm³/mol. The van der Waals surface area contributed by atoms with E-state index in [4.69, 9.17) is 26.1 Å². The van der Waals surface area contributed by atoms with Crippen LogP contribution in [0.5, 0.6) is 5.75 Å². The first-order valence-electron chi connectivity index (χ1n) is 20.6. The fourth-order valence-electron chi connectivity index (χ4n) is 9.39. The van der Waals surface area contributed by atoms with Crippen LogP contribution in [-0.4, -0.2) is 101 Å². The molecule has 1 unspecified atom stereocenters. The second kappa shape index (κ2) is 15.7. The number of likely N-dealkylation sites (N-methyl/N-ethyl adjacent to an activating group) is 1. The molecule has 1 aliphatic carbocycles. The molecular formula is C43H48ClN9O7. The van der Waals surface area contributed by atoms with E-state index in [-0.39, 0.29) is 65.7 Å². The monoisotopic (exact) mass is 837 g/mol. The molecule has 9 rings (SSSR count). The minimum absolute atomic E-state index is 0.0910. The standard InChI is InChI=1S/C43H48ClN9O7/c1-24(2)53-33-7-4-27(14-25(33)16-35(41(53)58)59-21-37(55)45-3)47-38-32(44)19-46-42(49-38)50-12-10-29(11-13-50)60-30-17-43(18-30)22-51(23-43)28-5-6-31-26(15-28)20-52(40(31)57)34-8-9-36(54)48-39(34)56/h4-7,14-16,19,24,29-30,34H,8-13,17-18,20-23H2,1-3H3,(H,45,55)(H,46,47,49)(H,48,54,56). The van der Waals surface area contributed by atoms with Crippen molar-refractivity contribution in [1.82, 2.24) is 30.1 Å². The van der Waals surface area contributed by atoms with Crippen LogP contribution < -0.4 is 36.0 Å². The number of carbonyl (C=O) groups is 4. The van der Waals surface area contributed by atoms with Crippen molar-refractivity contribution in [2.24, 2.45) is 5.41 Å². The van der Waals surface area contributed by atoms with Crippen molar-refractivity contribution in [3.8, 4) is 5.75 Å². The van der Waals surface area contributed by atoms with Gasteiger partial charge < -0.3 is 39.4 Å². The molecule has 0 radical (unpaired) electrons. The number of imide groups is 1. The molecule has 5 aliphatic rings. The fourth-order valence-corrected chi connectivity index (χ4v) is 9.53. The number of carbonyl (C=O) groups excluding carboxylic acids is 4. The molecule has 4 aromatic rings. The van der Waals surface area contributed by atoms with Gasteiger partial charge in [-0.3, -0.25) is 29.3 Å². The average Bonchev–Trinajstić information content (AvgIpc) is 3.52. The summed E-state index contributed by atoms with van der Waals surface area (Å²) in [5.74, 6) is -0.0363. The third-order valence-corrected chi connectivity index (χ3v) is 12.8. The Labute approximate surface area is 351 Å². The number of pyridine rings is 1. The molecule has 17 heteroatoms. The van der Waals surface area contributed by atoms with Gasteiger partial charge in [-0.2, -0.15) is 4.98 Å². The second-order valence-corrected chi connectivity index (χ2v) is 17.4. The van der Waals surface area contributed by atoms with Crippen LogP contribution in [0.1, 0.15) is 74.3 Å². The average molecular weight is 838 g/mol. The molecule has 2 aromatic heterocycles. The van der Waals surface area contributed by atoms with Gasteiger partial charge in [-0.25, -0.2) is 4.98 Å². The molecule has 3 saturated heterocycles. The Hall–Kier alpha value is -5.74. The van der Waals surface area contributed by atoms with Crippen molar-refractivity contribution in [3.63, 3.8) is 0 Å². The number of piperidine rings is 2. The van der Waals surface area contributed by atoms with Crippen molar-refractivity contribution in [2.45, 2.75) is 83.2 Å². The maximum Gasteiger partial charge on any atom is 0.293 e. The summed E-state index contributed by atoms with van der Waals surface area (Å²) in [6.07, 6.45) is 6.38. The number of halogens is 1. The van der Waals surface area contributed by atoms with Crippen LogP contribution in [0.2, 0.25) is 5.02 Å². The summed E-state index contributed by atoms with van der Waals surface area (Å²) in [4.78, 5) is 77.7. The Morgan fingerprint density at radius 2 is 1.78 bits per heavy atom. The highest BCUT2D eigenvalue weighted by Crippen LogP contribution is 2.51. The number of benzene rings is 2. The van der Waals surface area contributed by atoms with Crippen molar-refractivity contribution >= 4 is 69.3 Å². The van der Waals surface area contributed by atoms with Gasteiger partial charge in [0, 0.05) is 80.0 Å². The molecule has 4 aliphatic heterocycles. The van der Waals surface area contributed by atoms with Crippen LogP contribution in [0.25, 0.3) is 10.9 Å². The molecule has 6 heterocycles. The normalized spacial score (nSPS) is 20.3. The zero-order chi connectivity index (χ0) is 41.9. The van der Waals surface area contributed by atoms with Crippen LogP contribution in [0, 0.1) is 5.41 Å². The van der Waals surface area contributed by atoms with Gasteiger partial charge in [0.2, 0.25) is 17.8 Å². The van der Waals surface area contributed by atoms with Gasteiger partial charge in [0.25, 0.3) is 17.4 Å². The lowest BCUT2D eigenvalue weighted by Gasteiger charge is -2.60. The molecule has 60 heavy (non-hydrogen) atoms. The number of fused-ring (bicyclic) bond motifs is 2. The first-order chi connectivity index (χ1) is 28.9. The summed E-state index contributed by atoms with van der Waals surface area (Å²) in [5.41, 5.74) is 4.03. The number of nitrogens with zero attached hydrogens (tertiary/aromatic N) is 6. The number of ether oxygens (including phenoxy) is 2. The lowest BCUT2D eigenvalue weighted by atomic mass is 9.61. The Balaban J connectivity index is 0.766. The molecule has 314 valence electrons. The molecule has 1 saturated carbocycles. The lowest BCUT2D eigenvalue weighted by Crippen LogP contribution is -2.64. The van der Waals surface area contributed by atoms with Gasteiger partial charge in [0.1, 0.15) is 11.1 Å². The molecule has 1 spiro atoms. The summed E-state index contributed by atoms with van der Waals surface area (Å²) >= 11 is 6.59. The van der Waals surface area contributed by atoms with Gasteiger partial charge >= 0.3 is 0 Å². The van der Waals surface area contributed by atoms with E-state index in [0.717, 1.165) is 74.0 Å². The van der Waals surface area contributed by atoms with Crippen molar-refractivity contribution in [3.05, 3.63) is 75.2 Å². The van der Waals surface area contributed by atoms with Gasteiger partial charge in [0.05, 0.1) is 23.9 Å². The van der Waals surface area contributed by atoms with E-state index in [1.807, 2.05) is 44.2 Å². The van der Waals surface area contributed by atoms with E-state index < -0.39 is 11.9 Å². The number of amides is 4. The zero-order valence-corrected chi connectivity index (χ0v) is 34.6. The van der Waals surface area contributed by atoms with Gasteiger partial charge in [-0.15, -0.1) is 0 Å². The molecule has 16 nitrogen and oxygen atoms in total. The highest BCUT2D eigenvalue weighted by molar-refractivity contribution is 6.33. The van der Waals surface area contributed by atoms with Gasteiger partial charge in [0.15, 0.2) is 18.2 Å². The highest BCUT2D eigenvalue weighted by Gasteiger charge is 2.53. The molecule has 1 atom stereocenters. The van der Waals surface area contributed by atoms with E-state index in [0.29, 0.717) is 41.0 Å². The number of nitrogens with one attached hydrogen (secondary N) is 3. The van der Waals surface area contributed by atoms with Crippen molar-refractivity contribution in [1.29, 1.82) is 0 Å². The molecule has 2 aromatic carbocycles. The summed E-state index contributed by atoms with van der Waals surface area (Å²) in [7, 11) is 1.51. The van der Waals surface area contributed by atoms with Crippen LogP contribution in [0.3, 0.4) is 0 Å². The van der Waals surface area contributed by atoms with E-state index in [1.165, 1.54) is 7.05 Å². The number of anilines is 4. The number of aromatic nitrogens is 3. The lowest BCUT2D eigenvalue weighted by molar-refractivity contribution is -0.137. The minimum Gasteiger partial charge on any atom is -0.478 e. The third kappa shape index (κ3) is 7.51. The molecular weight excluding hydrogens is 790 g/mol. The quantitative estimate of drug-likeness (QED) is 0.183. The molecule has 4 amide bonds. The van der Waals surface area contributed by atoms with Gasteiger partial charge in [-0.05, 0) is 94.0 Å². The smallest absolute Gasteiger partial charge is 0.293 e. The number of hydrogen-bond donors (Lipinski definition) is 3. The SMILES string of the molecule is CNC(=O)COc1cc2cc(Nc3nc(N4CCC(OC5CC6(C5)CN(c5ccc7c(c5)CN(C5CCC(=O)NC5=O)C7=O)C6)CC4)ncc3Cl)ccc2n(C(C)C)c1=O. The molecule has 4 fully saturated rings. The Bertz CT molecular complexity index is 2450. The Kier molecular flexibility index (Phi) is 10.4. The van der Waals surface area contributed by atoms with E-state index >= 15 is 0 Å². The Morgan fingerprint density at radius 3 is 2.52 bits per heavy atom. The van der Waals surface area contributed by atoms with Crippen LogP contribution >= 0.6 is 11.6 Å². The first kappa shape index (κ1) is 39.7. The number of rotatable bonds is 11. The van der Waals surface area contributed by atoms with Crippen molar-refractivity contribution < 1.29 is 28.7 Å². The maximum atomic E-state index is 13.2. The van der Waals surface area contributed by atoms with Crippen LogP contribution in [-0.2, 0) is 25.7 Å². The molecule has 0 bridgehead atoms. The predicted octanol–water partition coefficient (Wildman–Crippen LogP) is 4.31. The zero-order valence-electron chi connectivity index (χ0n) is 33.8. The summed E-state index contributed by atoms with van der Waals surface area (Å²) in [6.45, 7) is 7.35. The third-order valence-electron chi connectivity index (χ3n) is 12.5. The molecule has 3 N–H and O–H groups in total. The number of hydrogen-bond acceptors (Lipinski definition) is 12. The summed E-state index contributed by atoms with van der Waals surface area (Å²) < 4.78 is 13.9. The van der Waals surface area contributed by atoms with Gasteiger partial charge in [-0.1, -0.05) is 11.6 Å². The Morgan fingerprint density at radius 1 is 1.00 bits per heavy atom. The van der Waals surface area contributed by atoms with Crippen LogP contribution in [0.15, 0.2) is 53.5 Å².